The van der Waals surface area contributed by atoms with E-state index in [0.717, 1.165) is 18.4 Å². The van der Waals surface area contributed by atoms with Crippen LogP contribution in [-0.2, 0) is 6.42 Å². The predicted molar refractivity (Wildman–Crippen MR) is 55.1 cm³/mol. The molecule has 0 unspecified atom stereocenters. The normalized spacial score (nSPS) is 10.3. The lowest BCUT2D eigenvalue weighted by Gasteiger charge is -2.09. The molecule has 0 aliphatic heterocycles. The van der Waals surface area contributed by atoms with Crippen LogP contribution in [0.2, 0.25) is 0 Å². The third-order valence-electron chi connectivity index (χ3n) is 2.21. The van der Waals surface area contributed by atoms with Crippen LogP contribution in [0.1, 0.15) is 17.5 Å². The summed E-state index contributed by atoms with van der Waals surface area (Å²) >= 11 is 0. The molecule has 0 aliphatic rings. The number of benzene rings is 1. The maximum Gasteiger partial charge on any atom is 0.129 e. The van der Waals surface area contributed by atoms with Gasteiger partial charge in [0.2, 0.25) is 0 Å². The highest BCUT2D eigenvalue weighted by molar-refractivity contribution is 5.37. The lowest BCUT2D eigenvalue weighted by Crippen LogP contribution is -2.02. The molecule has 3 heteroatoms. The lowest BCUT2D eigenvalue weighted by atomic mass is 10.1. The van der Waals surface area contributed by atoms with Gasteiger partial charge < -0.3 is 10.5 Å². The largest absolute Gasteiger partial charge is 0.496 e. The van der Waals surface area contributed by atoms with Crippen LogP contribution in [-0.4, -0.2) is 13.7 Å². The summed E-state index contributed by atoms with van der Waals surface area (Å²) in [5.41, 5.74) is 7.10. The zero-order valence-corrected chi connectivity index (χ0v) is 8.64. The number of halogens is 1. The molecule has 0 spiro atoms. The van der Waals surface area contributed by atoms with Crippen molar-refractivity contribution in [1.29, 1.82) is 0 Å². The zero-order valence-electron chi connectivity index (χ0n) is 8.64. The zero-order chi connectivity index (χ0) is 10.6. The van der Waals surface area contributed by atoms with E-state index < -0.39 is 0 Å². The fourth-order valence-corrected chi connectivity index (χ4v) is 1.40. The molecule has 0 aromatic heterocycles. The molecule has 2 N–H and O–H groups in total. The van der Waals surface area contributed by atoms with E-state index >= 15 is 0 Å². The Hall–Kier alpha value is -1.09. The number of hydrogen-bond acceptors (Lipinski definition) is 2. The van der Waals surface area contributed by atoms with Crippen LogP contribution in [0.15, 0.2) is 12.1 Å². The molecule has 0 heterocycles. The number of nitrogens with two attached hydrogens (primary N) is 1. The molecule has 0 fully saturated rings. The van der Waals surface area contributed by atoms with E-state index in [0.29, 0.717) is 17.9 Å². The van der Waals surface area contributed by atoms with Crippen LogP contribution in [0.3, 0.4) is 0 Å². The van der Waals surface area contributed by atoms with Crippen LogP contribution in [0, 0.1) is 12.7 Å². The molecule has 0 bridgehead atoms. The summed E-state index contributed by atoms with van der Waals surface area (Å²) in [6.45, 7) is 2.39. The van der Waals surface area contributed by atoms with Crippen molar-refractivity contribution in [3.63, 3.8) is 0 Å². The first kappa shape index (κ1) is 11.0. The monoisotopic (exact) mass is 197 g/mol. The second kappa shape index (κ2) is 4.96. The van der Waals surface area contributed by atoms with E-state index in [9.17, 15) is 4.39 Å². The number of hydrogen-bond donors (Lipinski definition) is 1. The summed E-state index contributed by atoms with van der Waals surface area (Å²) in [7, 11) is 1.55. The first-order valence-electron chi connectivity index (χ1n) is 4.72. The van der Waals surface area contributed by atoms with Gasteiger partial charge in [-0.25, -0.2) is 4.39 Å². The molecule has 0 atom stereocenters. The topological polar surface area (TPSA) is 35.2 Å². The molecule has 78 valence electrons. The van der Waals surface area contributed by atoms with E-state index in [2.05, 4.69) is 0 Å². The Balaban J connectivity index is 2.95. The van der Waals surface area contributed by atoms with Crippen LogP contribution in [0.4, 0.5) is 4.39 Å². The summed E-state index contributed by atoms with van der Waals surface area (Å²) in [5, 5.41) is 0. The van der Waals surface area contributed by atoms with Crippen LogP contribution in [0.5, 0.6) is 5.75 Å². The molecule has 0 saturated carbocycles. The van der Waals surface area contributed by atoms with Crippen molar-refractivity contribution in [2.24, 2.45) is 5.73 Å². The summed E-state index contributed by atoms with van der Waals surface area (Å²) in [6.07, 6.45) is 1.72. The fourth-order valence-electron chi connectivity index (χ4n) is 1.40. The third-order valence-corrected chi connectivity index (χ3v) is 2.21. The van der Waals surface area contributed by atoms with Gasteiger partial charge in [0.05, 0.1) is 7.11 Å². The number of methoxy groups -OCH3 is 1. The average Bonchev–Trinajstić information content (AvgIpc) is 2.19. The van der Waals surface area contributed by atoms with E-state index in [4.69, 9.17) is 10.5 Å². The summed E-state index contributed by atoms with van der Waals surface area (Å²) in [4.78, 5) is 0. The lowest BCUT2D eigenvalue weighted by molar-refractivity contribution is 0.405. The maximum atomic E-state index is 13.2. The SMILES string of the molecule is COc1cc(F)c(C)cc1CCCN. The molecule has 0 amide bonds. The molecular formula is C11H16FNO. The van der Waals surface area contributed by atoms with Gasteiger partial charge in [-0.2, -0.15) is 0 Å². The summed E-state index contributed by atoms with van der Waals surface area (Å²) in [5.74, 6) is 0.389. The highest BCUT2D eigenvalue weighted by atomic mass is 19.1. The van der Waals surface area contributed by atoms with Crippen molar-refractivity contribution in [2.75, 3.05) is 13.7 Å². The van der Waals surface area contributed by atoms with Crippen molar-refractivity contribution in [2.45, 2.75) is 19.8 Å². The maximum absolute atomic E-state index is 13.2. The molecular weight excluding hydrogens is 181 g/mol. The van der Waals surface area contributed by atoms with E-state index in [-0.39, 0.29) is 5.82 Å². The van der Waals surface area contributed by atoms with E-state index in [1.54, 1.807) is 14.0 Å². The summed E-state index contributed by atoms with van der Waals surface area (Å²) < 4.78 is 18.3. The first-order valence-corrected chi connectivity index (χ1v) is 4.72. The van der Waals surface area contributed by atoms with Gasteiger partial charge in [0.1, 0.15) is 11.6 Å². The van der Waals surface area contributed by atoms with Gasteiger partial charge >= 0.3 is 0 Å². The summed E-state index contributed by atoms with van der Waals surface area (Å²) in [6, 6.07) is 3.25. The minimum atomic E-state index is -0.224. The molecule has 14 heavy (non-hydrogen) atoms. The predicted octanol–water partition coefficient (Wildman–Crippen LogP) is 2.03. The van der Waals surface area contributed by atoms with Crippen LogP contribution in [0.25, 0.3) is 0 Å². The Morgan fingerprint density at radius 3 is 2.71 bits per heavy atom. The molecule has 1 aromatic carbocycles. The van der Waals surface area contributed by atoms with Gasteiger partial charge in [0, 0.05) is 6.07 Å². The van der Waals surface area contributed by atoms with E-state index in [1.807, 2.05) is 6.07 Å². The van der Waals surface area contributed by atoms with Gasteiger partial charge in [0.25, 0.3) is 0 Å². The Morgan fingerprint density at radius 2 is 2.14 bits per heavy atom. The van der Waals surface area contributed by atoms with Crippen molar-refractivity contribution in [1.82, 2.24) is 0 Å². The molecule has 0 aliphatic carbocycles. The van der Waals surface area contributed by atoms with Crippen molar-refractivity contribution < 1.29 is 9.13 Å². The standard InChI is InChI=1S/C11H16FNO/c1-8-6-9(4-3-5-13)11(14-2)7-10(8)12/h6-7H,3-5,13H2,1-2H3. The third kappa shape index (κ3) is 2.45. The molecule has 1 aromatic rings. The first-order chi connectivity index (χ1) is 6.69. The van der Waals surface area contributed by atoms with Crippen molar-refractivity contribution in [3.8, 4) is 5.75 Å². The highest BCUT2D eigenvalue weighted by Crippen LogP contribution is 2.23. The second-order valence-corrected chi connectivity index (χ2v) is 3.31. The minimum Gasteiger partial charge on any atom is -0.496 e. The Labute approximate surface area is 83.9 Å². The highest BCUT2D eigenvalue weighted by Gasteiger charge is 2.06. The van der Waals surface area contributed by atoms with Crippen LogP contribution >= 0.6 is 0 Å². The molecule has 0 radical (unpaired) electrons. The van der Waals surface area contributed by atoms with Gasteiger partial charge in [0.15, 0.2) is 0 Å². The molecule has 0 saturated heterocycles. The van der Waals surface area contributed by atoms with E-state index in [1.165, 1.54) is 6.07 Å². The fraction of sp³-hybridized carbons (Fsp3) is 0.455. The Morgan fingerprint density at radius 1 is 1.43 bits per heavy atom. The smallest absolute Gasteiger partial charge is 0.129 e. The Bertz CT molecular complexity index is 312. The molecule has 1 rings (SSSR count). The number of aryl methyl sites for hydroxylation is 2. The number of rotatable bonds is 4. The van der Waals surface area contributed by atoms with Crippen LogP contribution < -0.4 is 10.5 Å². The van der Waals surface area contributed by atoms with Crippen molar-refractivity contribution >= 4 is 0 Å². The van der Waals surface area contributed by atoms with Gasteiger partial charge in [-0.15, -0.1) is 0 Å². The van der Waals surface area contributed by atoms with Crippen molar-refractivity contribution in [3.05, 3.63) is 29.1 Å². The quantitative estimate of drug-likeness (QED) is 0.801. The van der Waals surface area contributed by atoms with Gasteiger partial charge in [-0.05, 0) is 43.5 Å². The average molecular weight is 197 g/mol. The van der Waals surface area contributed by atoms with Gasteiger partial charge in [-0.1, -0.05) is 0 Å². The number of ether oxygens (including phenoxy) is 1. The Kier molecular flexibility index (Phi) is 3.89. The molecule has 2 nitrogen and oxygen atoms in total. The second-order valence-electron chi connectivity index (χ2n) is 3.31. The van der Waals surface area contributed by atoms with Gasteiger partial charge in [-0.3, -0.25) is 0 Å². The minimum absolute atomic E-state index is 0.224.